The van der Waals surface area contributed by atoms with Gasteiger partial charge in [0.2, 0.25) is 0 Å². The molecule has 0 atom stereocenters. The van der Waals surface area contributed by atoms with Crippen molar-refractivity contribution >= 4 is 11.6 Å². The third-order valence-corrected chi connectivity index (χ3v) is 6.12. The van der Waals surface area contributed by atoms with Gasteiger partial charge in [0, 0.05) is 31.3 Å². The Morgan fingerprint density at radius 2 is 2.03 bits per heavy atom. The summed E-state index contributed by atoms with van der Waals surface area (Å²) in [6, 6.07) is 8.23. The van der Waals surface area contributed by atoms with E-state index < -0.39 is 17.4 Å². The van der Waals surface area contributed by atoms with Gasteiger partial charge in [0.05, 0.1) is 30.0 Å². The molecule has 170 valence electrons. The van der Waals surface area contributed by atoms with Crippen LogP contribution in [0.1, 0.15) is 22.5 Å². The van der Waals surface area contributed by atoms with E-state index in [1.54, 1.807) is 18.5 Å². The average molecular weight is 455 g/mol. The highest BCUT2D eigenvalue weighted by Crippen LogP contribution is 2.37. The van der Waals surface area contributed by atoms with Crippen LogP contribution in [0.25, 0.3) is 17.3 Å². The van der Waals surface area contributed by atoms with Gasteiger partial charge < -0.3 is 9.30 Å². The van der Waals surface area contributed by atoms with E-state index in [4.69, 9.17) is 4.74 Å². The molecule has 0 unspecified atom stereocenters. The van der Waals surface area contributed by atoms with Crippen molar-refractivity contribution in [3.05, 3.63) is 88.6 Å². The maximum Gasteiger partial charge on any atom is 0.418 e. The molecule has 1 saturated heterocycles. The average Bonchev–Trinajstić information content (AvgIpc) is 3.32. The monoisotopic (exact) mass is 455 g/mol. The zero-order valence-electron chi connectivity index (χ0n) is 17.7. The molecule has 0 radical (unpaired) electrons. The summed E-state index contributed by atoms with van der Waals surface area (Å²) in [5.41, 5.74) is -0.464. The number of fused-ring (bicyclic) bond motifs is 1. The number of benzene rings is 1. The Morgan fingerprint density at radius 3 is 2.64 bits per heavy atom. The lowest BCUT2D eigenvalue weighted by atomic mass is 9.75. The molecule has 33 heavy (non-hydrogen) atoms. The molecule has 4 aromatic rings. The minimum absolute atomic E-state index is 0.206. The Kier molecular flexibility index (Phi) is 4.78. The van der Waals surface area contributed by atoms with Gasteiger partial charge in [-0.3, -0.25) is 8.97 Å². The van der Waals surface area contributed by atoms with Crippen molar-refractivity contribution in [2.24, 2.45) is 7.05 Å². The number of hydrogen-bond acceptors (Lipinski definition) is 4. The summed E-state index contributed by atoms with van der Waals surface area (Å²) in [6.07, 6.45) is 1.46. The van der Waals surface area contributed by atoms with Crippen LogP contribution < -0.4 is 5.69 Å². The van der Waals surface area contributed by atoms with Crippen molar-refractivity contribution in [2.75, 3.05) is 13.2 Å². The van der Waals surface area contributed by atoms with E-state index >= 15 is 0 Å². The molecule has 1 fully saturated rings. The van der Waals surface area contributed by atoms with E-state index in [9.17, 15) is 18.0 Å². The van der Waals surface area contributed by atoms with Gasteiger partial charge in [-0.05, 0) is 29.3 Å². The predicted octanol–water partition coefficient (Wildman–Crippen LogP) is 3.39. The number of pyridine rings is 1. The van der Waals surface area contributed by atoms with Crippen LogP contribution in [0, 0.1) is 0 Å². The minimum atomic E-state index is -4.62. The summed E-state index contributed by atoms with van der Waals surface area (Å²) in [4.78, 5) is 13.1. The number of hydrogen-bond donors (Lipinski definition) is 0. The highest BCUT2D eigenvalue weighted by molar-refractivity contribution is 5.61. The first kappa shape index (κ1) is 21.2. The summed E-state index contributed by atoms with van der Waals surface area (Å²) in [5.74, 6) is 0.794. The van der Waals surface area contributed by atoms with Crippen LogP contribution in [0.3, 0.4) is 0 Å². The molecule has 1 aliphatic heterocycles. The molecule has 0 N–H and O–H groups in total. The van der Waals surface area contributed by atoms with E-state index in [1.807, 2.05) is 23.7 Å². The topological polar surface area (TPSA) is 66.4 Å². The largest absolute Gasteiger partial charge is 0.418 e. The molecule has 1 aromatic carbocycles. The molecule has 0 saturated carbocycles. The van der Waals surface area contributed by atoms with Gasteiger partial charge in [0.1, 0.15) is 12.2 Å². The molecule has 5 rings (SSSR count). The second-order valence-corrected chi connectivity index (χ2v) is 8.28. The van der Waals surface area contributed by atoms with E-state index in [0.717, 1.165) is 21.9 Å². The second-order valence-electron chi connectivity index (χ2n) is 8.28. The van der Waals surface area contributed by atoms with Crippen LogP contribution in [-0.2, 0) is 29.8 Å². The Hall–Kier alpha value is -3.66. The predicted molar refractivity (Wildman–Crippen MR) is 115 cm³/mol. The number of ether oxygens (including phenoxy) is 1. The highest BCUT2D eigenvalue weighted by Gasteiger charge is 2.42. The van der Waals surface area contributed by atoms with E-state index in [2.05, 4.69) is 16.8 Å². The van der Waals surface area contributed by atoms with Gasteiger partial charge in [-0.15, -0.1) is 10.2 Å². The first-order valence-corrected chi connectivity index (χ1v) is 10.2. The van der Waals surface area contributed by atoms with E-state index in [0.29, 0.717) is 25.3 Å². The first-order chi connectivity index (χ1) is 15.7. The van der Waals surface area contributed by atoms with Crippen molar-refractivity contribution in [3.63, 3.8) is 0 Å². The number of rotatable bonds is 5. The van der Waals surface area contributed by atoms with Crippen molar-refractivity contribution in [3.8, 4) is 5.69 Å². The molecule has 0 aliphatic carbocycles. The van der Waals surface area contributed by atoms with Gasteiger partial charge in [0.25, 0.3) is 0 Å². The molecular weight excluding hydrogens is 435 g/mol. The summed E-state index contributed by atoms with van der Waals surface area (Å²) in [6.45, 7) is 4.47. The SMILES string of the molecule is C=Cc1cc(C(F)(F)F)c2cn(-c3cccc(C4(Cc5nncn5C)COC4)c3)c(=O)n2c1. The van der Waals surface area contributed by atoms with Crippen molar-refractivity contribution < 1.29 is 17.9 Å². The summed E-state index contributed by atoms with van der Waals surface area (Å²) >= 11 is 0. The quantitative estimate of drug-likeness (QED) is 0.463. The van der Waals surface area contributed by atoms with Crippen LogP contribution in [0.2, 0.25) is 0 Å². The molecular formula is C23H20F3N5O2. The highest BCUT2D eigenvalue weighted by atomic mass is 19.4. The molecule has 0 spiro atoms. The normalized spacial score (nSPS) is 15.5. The second kappa shape index (κ2) is 7.45. The fourth-order valence-corrected chi connectivity index (χ4v) is 4.21. The molecule has 10 heteroatoms. The third-order valence-electron chi connectivity index (χ3n) is 6.12. The van der Waals surface area contributed by atoms with Crippen molar-refractivity contribution in [1.82, 2.24) is 23.7 Å². The zero-order valence-corrected chi connectivity index (χ0v) is 17.7. The molecule has 3 aromatic heterocycles. The standard InChI is InChI=1S/C23H20F3N5O2/c1-3-15-7-18(23(24,25)26)19-11-30(21(32)31(19)10-15)17-6-4-5-16(8-17)22(12-33-13-22)9-20-28-27-14-29(20)2/h3-8,10-11,14H,1,9,12-13H2,2H3. The van der Waals surface area contributed by atoms with Crippen LogP contribution in [-0.4, -0.2) is 36.9 Å². The van der Waals surface area contributed by atoms with Crippen molar-refractivity contribution in [1.29, 1.82) is 0 Å². The van der Waals surface area contributed by atoms with E-state index in [-0.39, 0.29) is 16.5 Å². The summed E-state index contributed by atoms with van der Waals surface area (Å²) in [5, 5.41) is 8.09. The molecule has 1 aliphatic rings. The number of alkyl halides is 3. The summed E-state index contributed by atoms with van der Waals surface area (Å²) in [7, 11) is 1.86. The number of halogens is 3. The van der Waals surface area contributed by atoms with Gasteiger partial charge in [0.15, 0.2) is 0 Å². The Labute approximate surface area is 186 Å². The maximum atomic E-state index is 13.7. The zero-order chi connectivity index (χ0) is 23.4. The van der Waals surface area contributed by atoms with E-state index in [1.165, 1.54) is 23.0 Å². The molecule has 0 bridgehead atoms. The maximum absolute atomic E-state index is 13.7. The van der Waals surface area contributed by atoms with Gasteiger partial charge in [-0.25, -0.2) is 4.79 Å². The smallest absolute Gasteiger partial charge is 0.379 e. The third kappa shape index (κ3) is 3.46. The Balaban J connectivity index is 1.63. The number of imidazole rings is 1. The van der Waals surface area contributed by atoms with Crippen LogP contribution in [0.5, 0.6) is 0 Å². The minimum Gasteiger partial charge on any atom is -0.379 e. The van der Waals surface area contributed by atoms with Gasteiger partial charge >= 0.3 is 11.9 Å². The van der Waals surface area contributed by atoms with Crippen molar-refractivity contribution in [2.45, 2.75) is 18.0 Å². The van der Waals surface area contributed by atoms with Gasteiger partial charge in [-0.1, -0.05) is 24.8 Å². The Morgan fingerprint density at radius 1 is 1.24 bits per heavy atom. The van der Waals surface area contributed by atoms with Crippen LogP contribution in [0.15, 0.2) is 60.4 Å². The number of nitrogens with zero attached hydrogens (tertiary/aromatic N) is 5. The van der Waals surface area contributed by atoms with Gasteiger partial charge in [-0.2, -0.15) is 13.2 Å². The first-order valence-electron chi connectivity index (χ1n) is 10.2. The fraction of sp³-hybridized carbons (Fsp3) is 0.261. The van der Waals surface area contributed by atoms with Crippen LogP contribution in [0.4, 0.5) is 13.2 Å². The number of aryl methyl sites for hydroxylation is 1. The fourth-order valence-electron chi connectivity index (χ4n) is 4.21. The van der Waals surface area contributed by atoms with Crippen LogP contribution >= 0.6 is 0 Å². The number of aromatic nitrogens is 5. The lowest BCUT2D eigenvalue weighted by molar-refractivity contribution is -0.136. The summed E-state index contributed by atoms with van der Waals surface area (Å²) < 4.78 is 50.6. The molecule has 4 heterocycles. The lowest BCUT2D eigenvalue weighted by Crippen LogP contribution is -2.49. The molecule has 0 amide bonds. The molecule has 7 nitrogen and oxygen atoms in total. The Bertz CT molecular complexity index is 1430. The lowest BCUT2D eigenvalue weighted by Gasteiger charge is -2.41.